The minimum absolute atomic E-state index is 0.126. The van der Waals surface area contributed by atoms with Crippen molar-refractivity contribution in [2.75, 3.05) is 0 Å². The average molecular weight is 374 g/mol. The third-order valence-electron chi connectivity index (χ3n) is 4.14. The van der Waals surface area contributed by atoms with Gasteiger partial charge in [0.25, 0.3) is 0 Å². The van der Waals surface area contributed by atoms with Gasteiger partial charge in [-0.1, -0.05) is 57.2 Å². The van der Waals surface area contributed by atoms with Gasteiger partial charge < -0.3 is 10.1 Å². The Hall–Kier alpha value is -2.14. The second-order valence-corrected chi connectivity index (χ2v) is 8.49. The minimum Gasteiger partial charge on any atom is -0.461 e. The van der Waals surface area contributed by atoms with Crippen LogP contribution in [0.2, 0.25) is 0 Å². The summed E-state index contributed by atoms with van der Waals surface area (Å²) in [5.41, 5.74) is 0.953. The van der Waals surface area contributed by atoms with Crippen LogP contribution in [-0.4, -0.2) is 18.0 Å². The quantitative estimate of drug-likeness (QED) is 0.726. The third kappa shape index (κ3) is 6.30. The topological polar surface area (TPSA) is 55.4 Å². The molecule has 0 aliphatic rings. The van der Waals surface area contributed by atoms with E-state index in [2.05, 4.69) is 26.1 Å². The van der Waals surface area contributed by atoms with Crippen molar-refractivity contribution in [1.82, 2.24) is 5.32 Å². The van der Waals surface area contributed by atoms with Crippen LogP contribution in [0.1, 0.15) is 50.6 Å². The van der Waals surface area contributed by atoms with E-state index in [1.165, 1.54) is 18.3 Å². The van der Waals surface area contributed by atoms with Gasteiger partial charge in [0, 0.05) is 18.2 Å². The molecule has 0 aliphatic heterocycles. The van der Waals surface area contributed by atoms with Crippen LogP contribution in [0.15, 0.2) is 47.8 Å². The first kappa shape index (κ1) is 20.2. The lowest BCUT2D eigenvalue weighted by Gasteiger charge is -2.31. The molecular weight excluding hydrogens is 346 g/mol. The molecule has 4 nitrogen and oxygen atoms in total. The standard InChI is InChI=1S/C21H27NO3S/c1-15(23)22-17(18-11-8-12-26-18)14-20(24)25-19(21(2,3)4)13-16-9-6-5-7-10-16/h5-12,17,19H,13-14H2,1-4H3,(H,22,23)/t17-,19-/m1/s1. The monoisotopic (exact) mass is 373 g/mol. The molecule has 1 N–H and O–H groups in total. The maximum absolute atomic E-state index is 12.6. The number of ether oxygens (including phenoxy) is 1. The second-order valence-electron chi connectivity index (χ2n) is 7.51. The zero-order valence-corrected chi connectivity index (χ0v) is 16.6. The number of carbonyl (C=O) groups is 2. The highest BCUT2D eigenvalue weighted by Crippen LogP contribution is 2.28. The predicted molar refractivity (Wildman–Crippen MR) is 105 cm³/mol. The molecule has 0 aliphatic carbocycles. The SMILES string of the molecule is CC(=O)N[C@H](CC(=O)O[C@H](Cc1ccccc1)C(C)(C)C)c1cccs1. The van der Waals surface area contributed by atoms with E-state index in [4.69, 9.17) is 4.74 Å². The van der Waals surface area contributed by atoms with Crippen molar-refractivity contribution in [2.45, 2.75) is 52.7 Å². The van der Waals surface area contributed by atoms with Gasteiger partial charge >= 0.3 is 5.97 Å². The Balaban J connectivity index is 2.06. The van der Waals surface area contributed by atoms with Gasteiger partial charge in [-0.05, 0) is 22.4 Å². The van der Waals surface area contributed by atoms with Crippen LogP contribution in [0.25, 0.3) is 0 Å². The number of esters is 1. The first-order valence-corrected chi connectivity index (χ1v) is 9.67. The van der Waals surface area contributed by atoms with E-state index in [1.54, 1.807) is 0 Å². The number of hydrogen-bond acceptors (Lipinski definition) is 4. The number of rotatable bonds is 7. The van der Waals surface area contributed by atoms with Crippen LogP contribution < -0.4 is 5.32 Å². The molecule has 1 aromatic carbocycles. The summed E-state index contributed by atoms with van der Waals surface area (Å²) in [7, 11) is 0. The van der Waals surface area contributed by atoms with Crippen LogP contribution in [-0.2, 0) is 20.7 Å². The normalized spacial score (nSPS) is 13.7. The first-order chi connectivity index (χ1) is 12.3. The van der Waals surface area contributed by atoms with Gasteiger partial charge in [0.1, 0.15) is 6.10 Å². The number of nitrogens with one attached hydrogen (secondary N) is 1. The van der Waals surface area contributed by atoms with Crippen LogP contribution in [0.4, 0.5) is 0 Å². The zero-order chi connectivity index (χ0) is 19.2. The van der Waals surface area contributed by atoms with Gasteiger partial charge in [0.15, 0.2) is 0 Å². The van der Waals surface area contributed by atoms with Gasteiger partial charge in [0.2, 0.25) is 5.91 Å². The van der Waals surface area contributed by atoms with Crippen LogP contribution in [0, 0.1) is 5.41 Å². The Morgan fingerprint density at radius 3 is 2.35 bits per heavy atom. The summed E-state index contributed by atoms with van der Waals surface area (Å²) in [6.07, 6.45) is 0.556. The van der Waals surface area contributed by atoms with Gasteiger partial charge in [-0.15, -0.1) is 11.3 Å². The molecular formula is C21H27NO3S. The second kappa shape index (κ2) is 8.99. The number of hydrogen-bond donors (Lipinski definition) is 1. The summed E-state index contributed by atoms with van der Waals surface area (Å²) in [6, 6.07) is 13.5. The Labute approximate surface area is 159 Å². The molecule has 0 bridgehead atoms. The van der Waals surface area contributed by atoms with Crippen LogP contribution in [0.5, 0.6) is 0 Å². The summed E-state index contributed by atoms with van der Waals surface area (Å²) < 4.78 is 5.84. The van der Waals surface area contributed by atoms with E-state index in [-0.39, 0.29) is 35.9 Å². The van der Waals surface area contributed by atoms with Crippen LogP contribution >= 0.6 is 11.3 Å². The molecule has 0 fully saturated rings. The highest BCUT2D eigenvalue weighted by molar-refractivity contribution is 7.10. The van der Waals surface area contributed by atoms with Gasteiger partial charge in [-0.25, -0.2) is 0 Å². The van der Waals surface area contributed by atoms with E-state index in [0.717, 1.165) is 10.4 Å². The molecule has 2 atom stereocenters. The van der Waals surface area contributed by atoms with Crippen molar-refractivity contribution in [3.63, 3.8) is 0 Å². The summed E-state index contributed by atoms with van der Waals surface area (Å²) in [4.78, 5) is 25.1. The Bertz CT molecular complexity index is 705. The molecule has 26 heavy (non-hydrogen) atoms. The lowest BCUT2D eigenvalue weighted by Crippen LogP contribution is -2.35. The molecule has 0 saturated carbocycles. The molecule has 1 amide bonds. The zero-order valence-electron chi connectivity index (χ0n) is 15.8. The highest BCUT2D eigenvalue weighted by atomic mass is 32.1. The van der Waals surface area contributed by atoms with Crippen molar-refractivity contribution in [2.24, 2.45) is 5.41 Å². The average Bonchev–Trinajstić information content (AvgIpc) is 3.08. The summed E-state index contributed by atoms with van der Waals surface area (Å²) in [5, 5.41) is 4.78. The molecule has 5 heteroatoms. The maximum atomic E-state index is 12.6. The molecule has 0 unspecified atom stereocenters. The van der Waals surface area contributed by atoms with Crippen molar-refractivity contribution in [3.05, 3.63) is 58.3 Å². The fourth-order valence-corrected chi connectivity index (χ4v) is 3.46. The molecule has 0 radical (unpaired) electrons. The maximum Gasteiger partial charge on any atom is 0.308 e. The van der Waals surface area contributed by atoms with Crippen molar-refractivity contribution >= 4 is 23.2 Å². The van der Waals surface area contributed by atoms with Gasteiger partial charge in [0.05, 0.1) is 12.5 Å². The van der Waals surface area contributed by atoms with E-state index in [0.29, 0.717) is 6.42 Å². The number of carbonyl (C=O) groups excluding carboxylic acids is 2. The van der Waals surface area contributed by atoms with E-state index < -0.39 is 0 Å². The Morgan fingerprint density at radius 1 is 1.12 bits per heavy atom. The summed E-state index contributed by atoms with van der Waals surface area (Å²) in [5.74, 6) is -0.458. The lowest BCUT2D eigenvalue weighted by molar-refractivity contribution is -0.155. The van der Waals surface area contributed by atoms with Gasteiger partial charge in [-0.3, -0.25) is 9.59 Å². The fraction of sp³-hybridized carbons (Fsp3) is 0.429. The van der Waals surface area contributed by atoms with Crippen molar-refractivity contribution in [1.29, 1.82) is 0 Å². The molecule has 0 saturated heterocycles. The van der Waals surface area contributed by atoms with Crippen molar-refractivity contribution < 1.29 is 14.3 Å². The molecule has 0 spiro atoms. The number of thiophene rings is 1. The molecule has 2 aromatic rings. The smallest absolute Gasteiger partial charge is 0.308 e. The number of amides is 1. The lowest BCUT2D eigenvalue weighted by atomic mass is 9.85. The predicted octanol–water partition coefficient (Wildman–Crippen LogP) is 4.52. The molecule has 1 heterocycles. The minimum atomic E-state index is -0.350. The Morgan fingerprint density at radius 2 is 1.81 bits per heavy atom. The van der Waals surface area contributed by atoms with Crippen LogP contribution in [0.3, 0.4) is 0 Å². The van der Waals surface area contributed by atoms with E-state index in [9.17, 15) is 9.59 Å². The van der Waals surface area contributed by atoms with E-state index >= 15 is 0 Å². The summed E-state index contributed by atoms with van der Waals surface area (Å²) >= 11 is 1.52. The Kier molecular flexibility index (Phi) is 6.98. The van der Waals surface area contributed by atoms with E-state index in [1.807, 2.05) is 47.8 Å². The largest absolute Gasteiger partial charge is 0.461 e. The molecule has 1 aromatic heterocycles. The molecule has 2 rings (SSSR count). The van der Waals surface area contributed by atoms with Crippen molar-refractivity contribution in [3.8, 4) is 0 Å². The molecule has 140 valence electrons. The third-order valence-corrected chi connectivity index (χ3v) is 5.12. The summed E-state index contributed by atoms with van der Waals surface area (Å²) in [6.45, 7) is 7.66. The van der Waals surface area contributed by atoms with Gasteiger partial charge in [-0.2, -0.15) is 0 Å². The fourth-order valence-electron chi connectivity index (χ4n) is 2.68. The highest BCUT2D eigenvalue weighted by Gasteiger charge is 2.30. The number of benzene rings is 1. The first-order valence-electron chi connectivity index (χ1n) is 8.79.